The summed E-state index contributed by atoms with van der Waals surface area (Å²) in [5.74, 6) is 1.18. The summed E-state index contributed by atoms with van der Waals surface area (Å²) in [6.45, 7) is 3.76. The van der Waals surface area contributed by atoms with Gasteiger partial charge in [-0.05, 0) is 51.1 Å². The maximum atomic E-state index is 12.2. The number of hydrogen-bond donors (Lipinski definition) is 1. The van der Waals surface area contributed by atoms with E-state index in [0.717, 1.165) is 57.8 Å². The van der Waals surface area contributed by atoms with Crippen LogP contribution in [0.2, 0.25) is 0 Å². The van der Waals surface area contributed by atoms with E-state index in [0.29, 0.717) is 5.75 Å². The van der Waals surface area contributed by atoms with Crippen LogP contribution in [0, 0.1) is 5.92 Å². The Labute approximate surface area is 118 Å². The zero-order valence-electron chi connectivity index (χ0n) is 11.9. The molecule has 0 saturated carbocycles. The van der Waals surface area contributed by atoms with E-state index >= 15 is 0 Å². The minimum Gasteiger partial charge on any atom is -0.317 e. The van der Waals surface area contributed by atoms with E-state index in [1.165, 1.54) is 25.7 Å². The highest BCUT2D eigenvalue weighted by Gasteiger charge is 2.23. The van der Waals surface area contributed by atoms with Crippen LogP contribution in [0.25, 0.3) is 0 Å². The van der Waals surface area contributed by atoms with Crippen molar-refractivity contribution in [2.75, 3.05) is 31.9 Å². The number of unbranched alkanes of at least 4 members (excludes halogenated alkanes) is 1. The van der Waals surface area contributed by atoms with Crippen LogP contribution in [0.1, 0.15) is 51.4 Å². The molecule has 0 aromatic rings. The van der Waals surface area contributed by atoms with Crippen LogP contribution >= 0.6 is 0 Å². The lowest BCUT2D eigenvalue weighted by Crippen LogP contribution is -2.37. The Morgan fingerprint density at radius 3 is 2.37 bits per heavy atom. The summed E-state index contributed by atoms with van der Waals surface area (Å²) in [5.41, 5.74) is 0. The first-order chi connectivity index (χ1) is 9.18. The van der Waals surface area contributed by atoms with E-state index < -0.39 is 10.0 Å². The molecule has 2 heterocycles. The van der Waals surface area contributed by atoms with E-state index in [1.54, 1.807) is 4.31 Å². The van der Waals surface area contributed by atoms with Crippen molar-refractivity contribution in [3.05, 3.63) is 0 Å². The van der Waals surface area contributed by atoms with Gasteiger partial charge in [-0.15, -0.1) is 0 Å². The van der Waals surface area contributed by atoms with Gasteiger partial charge >= 0.3 is 0 Å². The third kappa shape index (κ3) is 5.04. The predicted molar refractivity (Wildman–Crippen MR) is 78.7 cm³/mol. The second kappa shape index (κ2) is 7.60. The SMILES string of the molecule is O=S(=O)(CCCCC1CCNCC1)N1CCCCC1. The molecule has 19 heavy (non-hydrogen) atoms. The van der Waals surface area contributed by atoms with Crippen LogP contribution in [0.4, 0.5) is 0 Å². The van der Waals surface area contributed by atoms with Gasteiger partial charge in [-0.1, -0.05) is 19.3 Å². The van der Waals surface area contributed by atoms with E-state index in [-0.39, 0.29) is 0 Å². The topological polar surface area (TPSA) is 49.4 Å². The number of nitrogens with one attached hydrogen (secondary N) is 1. The van der Waals surface area contributed by atoms with E-state index in [4.69, 9.17) is 0 Å². The van der Waals surface area contributed by atoms with Gasteiger partial charge in [0.15, 0.2) is 0 Å². The first kappa shape index (κ1) is 15.3. The molecule has 2 rings (SSSR count). The van der Waals surface area contributed by atoms with Gasteiger partial charge in [-0.25, -0.2) is 12.7 Å². The van der Waals surface area contributed by atoms with Crippen LogP contribution < -0.4 is 5.32 Å². The summed E-state index contributed by atoms with van der Waals surface area (Å²) in [6, 6.07) is 0. The van der Waals surface area contributed by atoms with Gasteiger partial charge < -0.3 is 5.32 Å². The molecule has 0 unspecified atom stereocenters. The van der Waals surface area contributed by atoms with Crippen LogP contribution in [0.3, 0.4) is 0 Å². The van der Waals surface area contributed by atoms with Gasteiger partial charge in [0.25, 0.3) is 0 Å². The lowest BCUT2D eigenvalue weighted by atomic mass is 9.93. The zero-order chi connectivity index (χ0) is 13.6. The molecule has 0 bridgehead atoms. The smallest absolute Gasteiger partial charge is 0.214 e. The van der Waals surface area contributed by atoms with E-state index in [9.17, 15) is 8.42 Å². The average molecular weight is 288 g/mol. The van der Waals surface area contributed by atoms with Crippen LogP contribution in [0.5, 0.6) is 0 Å². The molecule has 0 radical (unpaired) electrons. The second-order valence-electron chi connectivity index (χ2n) is 5.96. The molecule has 2 fully saturated rings. The lowest BCUT2D eigenvalue weighted by Gasteiger charge is -2.26. The third-order valence-corrected chi connectivity index (χ3v) is 6.39. The Morgan fingerprint density at radius 1 is 1.00 bits per heavy atom. The molecule has 0 aliphatic carbocycles. The Hall–Kier alpha value is -0.130. The molecule has 0 amide bonds. The highest BCUT2D eigenvalue weighted by atomic mass is 32.2. The minimum absolute atomic E-state index is 0.359. The zero-order valence-corrected chi connectivity index (χ0v) is 12.8. The maximum absolute atomic E-state index is 12.2. The van der Waals surface area contributed by atoms with Crippen LogP contribution in [0.15, 0.2) is 0 Å². The maximum Gasteiger partial charge on any atom is 0.214 e. The highest BCUT2D eigenvalue weighted by molar-refractivity contribution is 7.89. The van der Waals surface area contributed by atoms with Crippen molar-refractivity contribution in [2.24, 2.45) is 5.92 Å². The quantitative estimate of drug-likeness (QED) is 0.760. The number of nitrogens with zero attached hydrogens (tertiary/aromatic N) is 1. The standard InChI is InChI=1S/C14H28N2O2S/c17-19(18,16-11-3-1-4-12-16)13-5-2-6-14-7-9-15-10-8-14/h14-15H,1-13H2. The van der Waals surface area contributed by atoms with Crippen molar-refractivity contribution in [1.82, 2.24) is 9.62 Å². The number of piperidine rings is 2. The minimum atomic E-state index is -2.97. The number of hydrogen-bond acceptors (Lipinski definition) is 3. The molecule has 2 aliphatic rings. The predicted octanol–water partition coefficient (Wildman–Crippen LogP) is 1.97. The molecular formula is C14H28N2O2S. The van der Waals surface area contributed by atoms with E-state index in [2.05, 4.69) is 5.32 Å². The molecule has 4 nitrogen and oxygen atoms in total. The van der Waals surface area contributed by atoms with Gasteiger partial charge in [0.1, 0.15) is 0 Å². The van der Waals surface area contributed by atoms with Crippen molar-refractivity contribution in [2.45, 2.75) is 51.4 Å². The Kier molecular flexibility index (Phi) is 6.10. The molecule has 5 heteroatoms. The van der Waals surface area contributed by atoms with E-state index in [1.807, 2.05) is 0 Å². The van der Waals surface area contributed by atoms with Gasteiger partial charge in [-0.2, -0.15) is 0 Å². The average Bonchev–Trinajstić information content (AvgIpc) is 2.46. The second-order valence-corrected chi connectivity index (χ2v) is 8.05. The molecule has 1 N–H and O–H groups in total. The first-order valence-corrected chi connectivity index (χ1v) is 9.48. The third-order valence-electron chi connectivity index (χ3n) is 4.43. The van der Waals surface area contributed by atoms with Crippen molar-refractivity contribution in [3.8, 4) is 0 Å². The Bertz CT molecular complexity index is 344. The lowest BCUT2D eigenvalue weighted by molar-refractivity contribution is 0.339. The summed E-state index contributed by atoms with van der Waals surface area (Å²) < 4.78 is 26.0. The van der Waals surface area contributed by atoms with Gasteiger partial charge in [0, 0.05) is 13.1 Å². The molecule has 2 saturated heterocycles. The summed E-state index contributed by atoms with van der Waals surface area (Å²) in [5, 5.41) is 3.37. The monoisotopic (exact) mass is 288 g/mol. The fraction of sp³-hybridized carbons (Fsp3) is 1.00. The molecule has 0 spiro atoms. The van der Waals surface area contributed by atoms with Crippen LogP contribution in [-0.4, -0.2) is 44.7 Å². The van der Waals surface area contributed by atoms with Gasteiger partial charge in [0.2, 0.25) is 10.0 Å². The van der Waals surface area contributed by atoms with Gasteiger partial charge in [0.05, 0.1) is 5.75 Å². The van der Waals surface area contributed by atoms with Crippen molar-refractivity contribution < 1.29 is 8.42 Å². The summed E-state index contributed by atoms with van der Waals surface area (Å²) >= 11 is 0. The van der Waals surface area contributed by atoms with Crippen molar-refractivity contribution >= 4 is 10.0 Å². The number of rotatable bonds is 6. The van der Waals surface area contributed by atoms with Crippen molar-refractivity contribution in [1.29, 1.82) is 0 Å². The fourth-order valence-corrected chi connectivity index (χ4v) is 4.80. The van der Waals surface area contributed by atoms with Crippen molar-refractivity contribution in [3.63, 3.8) is 0 Å². The molecule has 0 aromatic heterocycles. The Morgan fingerprint density at radius 2 is 1.68 bits per heavy atom. The fourth-order valence-electron chi connectivity index (χ4n) is 3.16. The largest absolute Gasteiger partial charge is 0.317 e. The Balaban J connectivity index is 1.63. The normalized spacial score (nSPS) is 23.6. The molecular weight excluding hydrogens is 260 g/mol. The van der Waals surface area contributed by atoms with Crippen LogP contribution in [-0.2, 0) is 10.0 Å². The summed E-state index contributed by atoms with van der Waals surface area (Å²) in [4.78, 5) is 0. The molecule has 0 atom stereocenters. The first-order valence-electron chi connectivity index (χ1n) is 7.87. The molecule has 112 valence electrons. The molecule has 2 aliphatic heterocycles. The summed E-state index contributed by atoms with van der Waals surface area (Å²) in [7, 11) is -2.97. The molecule has 0 aromatic carbocycles. The highest BCUT2D eigenvalue weighted by Crippen LogP contribution is 2.20. The van der Waals surface area contributed by atoms with Gasteiger partial charge in [-0.3, -0.25) is 0 Å². The number of sulfonamides is 1. The summed E-state index contributed by atoms with van der Waals surface area (Å²) in [6.07, 6.45) is 8.89.